The van der Waals surface area contributed by atoms with E-state index in [1.807, 2.05) is 13.8 Å². The molecule has 1 aliphatic heterocycles. The summed E-state index contributed by atoms with van der Waals surface area (Å²) < 4.78 is 32.1. The van der Waals surface area contributed by atoms with Crippen LogP contribution in [0.3, 0.4) is 0 Å². The van der Waals surface area contributed by atoms with Crippen molar-refractivity contribution in [2.75, 3.05) is 19.6 Å². The highest BCUT2D eigenvalue weighted by Crippen LogP contribution is 2.26. The highest BCUT2D eigenvalue weighted by Gasteiger charge is 2.32. The molecule has 1 aliphatic rings. The van der Waals surface area contributed by atoms with Crippen LogP contribution in [0.4, 0.5) is 0 Å². The normalized spacial score (nSPS) is 16.7. The molecule has 25 heavy (non-hydrogen) atoms. The molecule has 0 radical (unpaired) electrons. The summed E-state index contributed by atoms with van der Waals surface area (Å²) in [6.07, 6.45) is 2.47. The molecule has 1 aromatic rings. The molecule has 1 unspecified atom stereocenters. The predicted molar refractivity (Wildman–Crippen MR) is 98.4 cm³/mol. The number of amides is 1. The topological polar surface area (TPSA) is 106 Å². The van der Waals surface area contributed by atoms with Gasteiger partial charge >= 0.3 is 0 Å². The van der Waals surface area contributed by atoms with Gasteiger partial charge in [0.15, 0.2) is 5.76 Å². The van der Waals surface area contributed by atoms with Crippen LogP contribution in [-0.4, -0.2) is 44.3 Å². The third kappa shape index (κ3) is 5.20. The van der Waals surface area contributed by atoms with Gasteiger partial charge in [-0.25, -0.2) is 8.42 Å². The lowest BCUT2D eigenvalue weighted by Crippen LogP contribution is -2.40. The van der Waals surface area contributed by atoms with Crippen molar-refractivity contribution in [2.24, 2.45) is 11.7 Å². The molecule has 0 spiro atoms. The van der Waals surface area contributed by atoms with Crippen molar-refractivity contribution in [1.29, 1.82) is 0 Å². The lowest BCUT2D eigenvalue weighted by molar-refractivity contribution is 0.0904. The molecule has 0 saturated carbocycles. The molecule has 144 valence electrons. The van der Waals surface area contributed by atoms with E-state index in [-0.39, 0.29) is 34.9 Å². The first-order valence-corrected chi connectivity index (χ1v) is 9.81. The lowest BCUT2D eigenvalue weighted by atomic mass is 10.0. The second-order valence-electron chi connectivity index (χ2n) is 6.68. The number of carbonyl (C=O) groups is 1. The fourth-order valence-corrected chi connectivity index (χ4v) is 4.62. The number of nitrogens with one attached hydrogen (secondary N) is 1. The van der Waals surface area contributed by atoms with E-state index in [0.29, 0.717) is 25.6 Å². The van der Waals surface area contributed by atoms with Gasteiger partial charge in [-0.1, -0.05) is 13.8 Å². The van der Waals surface area contributed by atoms with Gasteiger partial charge in [0.2, 0.25) is 10.0 Å². The van der Waals surface area contributed by atoms with Crippen LogP contribution in [0.25, 0.3) is 0 Å². The third-order valence-electron chi connectivity index (χ3n) is 4.15. The minimum atomic E-state index is -3.60. The van der Waals surface area contributed by atoms with Crippen LogP contribution >= 0.6 is 12.4 Å². The monoisotopic (exact) mass is 393 g/mol. The van der Waals surface area contributed by atoms with E-state index in [0.717, 1.165) is 19.3 Å². The molecule has 0 aliphatic carbocycles. The third-order valence-corrected chi connectivity index (χ3v) is 6.16. The molecule has 3 N–H and O–H groups in total. The minimum absolute atomic E-state index is 0. The summed E-state index contributed by atoms with van der Waals surface area (Å²) in [7, 11) is -3.60. The van der Waals surface area contributed by atoms with Gasteiger partial charge in [-0.2, -0.15) is 4.31 Å². The van der Waals surface area contributed by atoms with Gasteiger partial charge in [-0.05, 0) is 32.1 Å². The van der Waals surface area contributed by atoms with Crippen LogP contribution in [0.1, 0.15) is 49.4 Å². The van der Waals surface area contributed by atoms with Crippen molar-refractivity contribution in [3.05, 3.63) is 17.6 Å². The average Bonchev–Trinajstić information content (AvgIpc) is 3.15. The largest absolute Gasteiger partial charge is 0.455 e. The quantitative estimate of drug-likeness (QED) is 0.735. The van der Waals surface area contributed by atoms with Crippen LogP contribution < -0.4 is 11.1 Å². The number of nitrogens with zero attached hydrogens (tertiary/aromatic N) is 1. The molecule has 0 bridgehead atoms. The summed E-state index contributed by atoms with van der Waals surface area (Å²) in [6, 6.07) is 1.16. The van der Waals surface area contributed by atoms with Gasteiger partial charge < -0.3 is 15.5 Å². The van der Waals surface area contributed by atoms with Gasteiger partial charge in [0.1, 0.15) is 10.7 Å². The summed E-state index contributed by atoms with van der Waals surface area (Å²) in [5, 5.41) is 2.81. The van der Waals surface area contributed by atoms with E-state index in [9.17, 15) is 13.2 Å². The zero-order valence-electron chi connectivity index (χ0n) is 14.9. The number of halogens is 1. The SMILES string of the molecule is Cc1oc(C(=O)NC(CN)CC(C)C)cc1S(=O)(=O)N1CCCC1.Cl. The first-order chi connectivity index (χ1) is 11.3. The van der Waals surface area contributed by atoms with Crippen molar-refractivity contribution in [1.82, 2.24) is 9.62 Å². The molecule has 1 fully saturated rings. The number of aryl methyl sites for hydroxylation is 1. The van der Waals surface area contributed by atoms with E-state index in [1.165, 1.54) is 10.4 Å². The molecule has 1 atom stereocenters. The van der Waals surface area contributed by atoms with E-state index >= 15 is 0 Å². The van der Waals surface area contributed by atoms with E-state index in [1.54, 1.807) is 6.92 Å². The fraction of sp³-hybridized carbons (Fsp3) is 0.688. The number of hydrogen-bond donors (Lipinski definition) is 2. The Morgan fingerprint density at radius 3 is 2.48 bits per heavy atom. The Balaban J connectivity index is 0.00000312. The van der Waals surface area contributed by atoms with E-state index < -0.39 is 15.9 Å². The molecular weight excluding hydrogens is 366 g/mol. The Hall–Kier alpha value is -1.09. The summed E-state index contributed by atoms with van der Waals surface area (Å²) in [5.41, 5.74) is 5.69. The molecule has 1 aromatic heterocycles. The van der Waals surface area contributed by atoms with Crippen LogP contribution in [0.2, 0.25) is 0 Å². The maximum atomic E-state index is 12.6. The number of rotatable bonds is 7. The molecule has 0 aromatic carbocycles. The van der Waals surface area contributed by atoms with Crippen molar-refractivity contribution in [3.8, 4) is 0 Å². The van der Waals surface area contributed by atoms with Crippen LogP contribution in [0.5, 0.6) is 0 Å². The Kier molecular flexibility index (Phi) is 7.92. The van der Waals surface area contributed by atoms with Crippen molar-refractivity contribution in [3.63, 3.8) is 0 Å². The van der Waals surface area contributed by atoms with Gasteiger partial charge in [0.25, 0.3) is 5.91 Å². The molecular formula is C16H28ClN3O4S. The smallest absolute Gasteiger partial charge is 0.287 e. The minimum Gasteiger partial charge on any atom is -0.455 e. The number of furan rings is 1. The Morgan fingerprint density at radius 1 is 1.36 bits per heavy atom. The molecule has 7 nitrogen and oxygen atoms in total. The second kappa shape index (κ2) is 9.02. The highest BCUT2D eigenvalue weighted by atomic mass is 35.5. The maximum absolute atomic E-state index is 12.6. The number of sulfonamides is 1. The first kappa shape index (κ1) is 22.0. The van der Waals surface area contributed by atoms with E-state index in [2.05, 4.69) is 5.32 Å². The van der Waals surface area contributed by atoms with Crippen LogP contribution in [0, 0.1) is 12.8 Å². The maximum Gasteiger partial charge on any atom is 0.287 e. The van der Waals surface area contributed by atoms with Crippen molar-refractivity contribution >= 4 is 28.3 Å². The van der Waals surface area contributed by atoms with E-state index in [4.69, 9.17) is 10.2 Å². The molecule has 1 saturated heterocycles. The zero-order valence-corrected chi connectivity index (χ0v) is 16.6. The average molecular weight is 394 g/mol. The lowest BCUT2D eigenvalue weighted by Gasteiger charge is -2.17. The summed E-state index contributed by atoms with van der Waals surface area (Å²) in [4.78, 5) is 12.4. The van der Waals surface area contributed by atoms with Gasteiger partial charge in [0, 0.05) is 31.7 Å². The molecule has 9 heteroatoms. The number of nitrogens with two attached hydrogens (primary N) is 1. The Morgan fingerprint density at radius 2 is 1.96 bits per heavy atom. The summed E-state index contributed by atoms with van der Waals surface area (Å²) in [5.74, 6) is 0.202. The first-order valence-electron chi connectivity index (χ1n) is 8.37. The summed E-state index contributed by atoms with van der Waals surface area (Å²) >= 11 is 0. The molecule has 2 rings (SSSR count). The van der Waals surface area contributed by atoms with Crippen LogP contribution in [0.15, 0.2) is 15.4 Å². The molecule has 2 heterocycles. The Labute approximate surface area is 155 Å². The Bertz CT molecular complexity index is 682. The zero-order chi connectivity index (χ0) is 17.9. The van der Waals surface area contributed by atoms with Crippen LogP contribution in [-0.2, 0) is 10.0 Å². The van der Waals surface area contributed by atoms with Gasteiger partial charge in [-0.15, -0.1) is 12.4 Å². The molecule has 1 amide bonds. The number of carbonyl (C=O) groups excluding carboxylic acids is 1. The second-order valence-corrected chi connectivity index (χ2v) is 8.58. The summed E-state index contributed by atoms with van der Waals surface area (Å²) in [6.45, 7) is 7.01. The van der Waals surface area contributed by atoms with Crippen molar-refractivity contribution in [2.45, 2.75) is 51.0 Å². The highest BCUT2D eigenvalue weighted by molar-refractivity contribution is 7.89. The van der Waals surface area contributed by atoms with Gasteiger partial charge in [0.05, 0.1) is 0 Å². The predicted octanol–water partition coefficient (Wildman–Crippen LogP) is 1.90. The van der Waals surface area contributed by atoms with Gasteiger partial charge in [-0.3, -0.25) is 4.79 Å². The fourth-order valence-electron chi connectivity index (χ4n) is 2.94. The van der Waals surface area contributed by atoms with Crippen molar-refractivity contribution < 1.29 is 17.6 Å². The standard InChI is InChI=1S/C16H27N3O4S.ClH/c1-11(2)8-13(10-17)18-16(20)14-9-15(12(3)23-14)24(21,22)19-6-4-5-7-19;/h9,11,13H,4-8,10,17H2,1-3H3,(H,18,20);1H. The number of hydrogen-bond acceptors (Lipinski definition) is 5.